The van der Waals surface area contributed by atoms with Crippen molar-refractivity contribution in [2.24, 2.45) is 0 Å². The molecule has 0 radical (unpaired) electrons. The number of carbonyl (C=O) groups is 2. The first-order valence-electron chi connectivity index (χ1n) is 13.2. The number of nitrogens with one attached hydrogen (secondary N) is 3. The quantitative estimate of drug-likeness (QED) is 0.271. The maximum Gasteiger partial charge on any atom is 0.254 e. The Hall–Kier alpha value is -4.48. The third-order valence-corrected chi connectivity index (χ3v) is 7.49. The Morgan fingerprint density at radius 1 is 0.975 bits per heavy atom. The number of para-hydroxylation sites is 2. The number of aryl methyl sites for hydroxylation is 1. The van der Waals surface area contributed by atoms with E-state index in [9.17, 15) is 14.9 Å². The summed E-state index contributed by atoms with van der Waals surface area (Å²) in [6.45, 7) is 6.30. The van der Waals surface area contributed by atoms with E-state index in [4.69, 9.17) is 4.74 Å². The summed E-state index contributed by atoms with van der Waals surface area (Å²) in [5.41, 5.74) is 4.70. The molecule has 0 spiro atoms. The molecule has 7 nitrogen and oxygen atoms in total. The average molecular weight is 553 g/mol. The lowest BCUT2D eigenvalue weighted by Crippen LogP contribution is -2.31. The molecule has 8 heteroatoms. The largest absolute Gasteiger partial charge is 0.494 e. The van der Waals surface area contributed by atoms with E-state index in [0.29, 0.717) is 39.9 Å². The van der Waals surface area contributed by atoms with Crippen LogP contribution in [0.3, 0.4) is 0 Å². The molecule has 0 aromatic heterocycles. The number of amides is 2. The fourth-order valence-electron chi connectivity index (χ4n) is 4.58. The van der Waals surface area contributed by atoms with Gasteiger partial charge in [-0.3, -0.25) is 9.59 Å². The Balaban J connectivity index is 1.63. The predicted molar refractivity (Wildman–Crippen MR) is 161 cm³/mol. The van der Waals surface area contributed by atoms with Crippen LogP contribution in [0.15, 0.2) is 101 Å². The van der Waals surface area contributed by atoms with Gasteiger partial charge < -0.3 is 20.7 Å². The van der Waals surface area contributed by atoms with Gasteiger partial charge in [0.15, 0.2) is 0 Å². The lowest BCUT2D eigenvalue weighted by molar-refractivity contribution is -0.114. The summed E-state index contributed by atoms with van der Waals surface area (Å²) in [6, 6.07) is 26.6. The van der Waals surface area contributed by atoms with Crippen molar-refractivity contribution in [3.8, 4) is 11.8 Å². The maximum absolute atomic E-state index is 13.6. The Morgan fingerprint density at radius 2 is 1.68 bits per heavy atom. The van der Waals surface area contributed by atoms with E-state index in [1.54, 1.807) is 0 Å². The molecule has 1 heterocycles. The van der Waals surface area contributed by atoms with Crippen LogP contribution in [0.4, 0.5) is 11.4 Å². The monoisotopic (exact) mass is 552 g/mol. The zero-order valence-corrected chi connectivity index (χ0v) is 23.6. The minimum Gasteiger partial charge on any atom is -0.494 e. The van der Waals surface area contributed by atoms with Gasteiger partial charge in [-0.15, -0.1) is 0 Å². The van der Waals surface area contributed by atoms with Crippen molar-refractivity contribution >= 4 is 35.0 Å². The van der Waals surface area contributed by atoms with E-state index in [1.807, 2.05) is 99.6 Å². The predicted octanol–water partition coefficient (Wildman–Crippen LogP) is 6.35. The van der Waals surface area contributed by atoms with Crippen molar-refractivity contribution in [3.05, 3.63) is 112 Å². The van der Waals surface area contributed by atoms with Crippen molar-refractivity contribution in [1.82, 2.24) is 5.32 Å². The standard InChI is InChI=1S/C32H32N4O3S/c1-4-22-11-9-10-14-27(22)36-28(37)20-40-32-26(19-33)30(23-15-17-25(18-16-23)39-5-2)29(21(3)34-32)31(38)35-24-12-7-6-8-13-24/h6-18,30,34H,4-5,20H2,1-3H3,(H,35,38)(H,36,37)/t30-/m0/s1. The summed E-state index contributed by atoms with van der Waals surface area (Å²) in [6.07, 6.45) is 0.802. The lowest BCUT2D eigenvalue weighted by Gasteiger charge is -2.30. The van der Waals surface area contributed by atoms with Crippen LogP contribution < -0.4 is 20.7 Å². The number of allylic oxidation sites excluding steroid dienone is 2. The minimum absolute atomic E-state index is 0.0976. The highest BCUT2D eigenvalue weighted by atomic mass is 32.2. The number of carbonyl (C=O) groups excluding carboxylic acids is 2. The highest BCUT2D eigenvalue weighted by Gasteiger charge is 2.35. The normalized spacial score (nSPS) is 14.7. The highest BCUT2D eigenvalue weighted by molar-refractivity contribution is 8.03. The molecule has 3 aromatic rings. The van der Waals surface area contributed by atoms with Gasteiger partial charge in [-0.05, 0) is 61.7 Å². The number of thioether (sulfide) groups is 1. The third kappa shape index (κ3) is 6.74. The molecule has 1 aliphatic rings. The van der Waals surface area contributed by atoms with Crippen molar-refractivity contribution < 1.29 is 14.3 Å². The fourth-order valence-corrected chi connectivity index (χ4v) is 5.47. The van der Waals surface area contributed by atoms with E-state index in [0.717, 1.165) is 23.2 Å². The van der Waals surface area contributed by atoms with Gasteiger partial charge in [-0.25, -0.2) is 0 Å². The molecule has 0 saturated heterocycles. The van der Waals surface area contributed by atoms with Crippen LogP contribution in [0.25, 0.3) is 0 Å². The first-order chi connectivity index (χ1) is 19.4. The highest BCUT2D eigenvalue weighted by Crippen LogP contribution is 2.41. The number of nitrogens with zero attached hydrogens (tertiary/aromatic N) is 1. The molecule has 1 aliphatic heterocycles. The van der Waals surface area contributed by atoms with E-state index < -0.39 is 5.92 Å². The second kappa shape index (κ2) is 13.5. The summed E-state index contributed by atoms with van der Waals surface area (Å²) in [4.78, 5) is 26.5. The van der Waals surface area contributed by atoms with Gasteiger partial charge in [0.1, 0.15) is 5.75 Å². The maximum atomic E-state index is 13.6. The Bertz CT molecular complexity index is 1470. The van der Waals surface area contributed by atoms with Crippen molar-refractivity contribution in [3.63, 3.8) is 0 Å². The van der Waals surface area contributed by atoms with Gasteiger partial charge >= 0.3 is 0 Å². The Kier molecular flexibility index (Phi) is 9.66. The van der Waals surface area contributed by atoms with Crippen molar-refractivity contribution in [2.75, 3.05) is 23.0 Å². The molecule has 2 amide bonds. The molecular formula is C32H32N4O3S. The summed E-state index contributed by atoms with van der Waals surface area (Å²) in [5, 5.41) is 20.1. The van der Waals surface area contributed by atoms with Gasteiger partial charge in [0.05, 0.1) is 34.9 Å². The third-order valence-electron chi connectivity index (χ3n) is 6.47. The molecule has 40 heavy (non-hydrogen) atoms. The SMILES string of the molecule is CCOc1ccc([C@H]2C(C#N)=C(SCC(=O)Nc3ccccc3CC)NC(C)=C2C(=O)Nc2ccccc2)cc1. The number of anilines is 2. The molecule has 0 saturated carbocycles. The Morgan fingerprint density at radius 3 is 2.35 bits per heavy atom. The number of rotatable bonds is 10. The van der Waals surface area contributed by atoms with Crippen molar-refractivity contribution in [1.29, 1.82) is 5.26 Å². The zero-order chi connectivity index (χ0) is 28.5. The van der Waals surface area contributed by atoms with Crippen molar-refractivity contribution in [2.45, 2.75) is 33.1 Å². The number of benzene rings is 3. The van der Waals surface area contributed by atoms with Crippen LogP contribution in [0, 0.1) is 11.3 Å². The number of dihydropyridines is 1. The molecule has 0 fully saturated rings. The second-order valence-corrected chi connectivity index (χ2v) is 10.1. The van der Waals surface area contributed by atoms with Crippen LogP contribution in [0.5, 0.6) is 5.75 Å². The summed E-state index contributed by atoms with van der Waals surface area (Å²) in [7, 11) is 0. The molecule has 4 rings (SSSR count). The van der Waals surface area contributed by atoms with Gasteiger partial charge in [0, 0.05) is 22.6 Å². The van der Waals surface area contributed by atoms with Gasteiger partial charge in [-0.1, -0.05) is 67.2 Å². The molecule has 0 bridgehead atoms. The molecule has 3 N–H and O–H groups in total. The number of hydrogen-bond acceptors (Lipinski definition) is 6. The average Bonchev–Trinajstić information content (AvgIpc) is 2.97. The van der Waals surface area contributed by atoms with E-state index >= 15 is 0 Å². The first-order valence-corrected chi connectivity index (χ1v) is 14.1. The minimum atomic E-state index is -0.628. The lowest BCUT2D eigenvalue weighted by atomic mass is 9.82. The molecule has 204 valence electrons. The molecule has 3 aromatic carbocycles. The van der Waals surface area contributed by atoms with Crippen LogP contribution in [-0.2, 0) is 16.0 Å². The summed E-state index contributed by atoms with van der Waals surface area (Å²) < 4.78 is 5.60. The van der Waals surface area contributed by atoms with Crippen LogP contribution in [-0.4, -0.2) is 24.2 Å². The van der Waals surface area contributed by atoms with E-state index in [1.165, 1.54) is 11.8 Å². The number of hydrogen-bond donors (Lipinski definition) is 3. The molecule has 1 atom stereocenters. The smallest absolute Gasteiger partial charge is 0.254 e. The first kappa shape index (κ1) is 28.5. The van der Waals surface area contributed by atoms with Crippen LogP contribution >= 0.6 is 11.8 Å². The Labute approximate surface area is 239 Å². The summed E-state index contributed by atoms with van der Waals surface area (Å²) >= 11 is 1.25. The molecular weight excluding hydrogens is 520 g/mol. The molecule has 0 aliphatic carbocycles. The topological polar surface area (TPSA) is 103 Å². The van der Waals surface area contributed by atoms with E-state index in [-0.39, 0.29) is 17.6 Å². The number of nitriles is 1. The zero-order valence-electron chi connectivity index (χ0n) is 22.8. The van der Waals surface area contributed by atoms with Gasteiger partial charge in [-0.2, -0.15) is 5.26 Å². The molecule has 0 unspecified atom stereocenters. The second-order valence-electron chi connectivity index (χ2n) is 9.12. The van der Waals surface area contributed by atoms with Crippen LogP contribution in [0.1, 0.15) is 37.8 Å². The van der Waals surface area contributed by atoms with Gasteiger partial charge in [0.25, 0.3) is 5.91 Å². The van der Waals surface area contributed by atoms with E-state index in [2.05, 4.69) is 22.0 Å². The fraction of sp³-hybridized carbons (Fsp3) is 0.219. The van der Waals surface area contributed by atoms with Gasteiger partial charge in [0.2, 0.25) is 5.91 Å². The summed E-state index contributed by atoms with van der Waals surface area (Å²) in [5.74, 6) is -0.306. The number of ether oxygens (including phenoxy) is 1. The van der Waals surface area contributed by atoms with Crippen LogP contribution in [0.2, 0.25) is 0 Å².